The molecule has 2 aromatic rings. The summed E-state index contributed by atoms with van der Waals surface area (Å²) in [6.45, 7) is 26.8. The van der Waals surface area contributed by atoms with E-state index in [4.69, 9.17) is 0 Å². The minimum absolute atomic E-state index is 0.644. The van der Waals surface area contributed by atoms with Crippen molar-refractivity contribution in [3.63, 3.8) is 0 Å². The standard InChI is InChI=1S/C44H72N2/c1-11-13-15-16-25-46-41(31(3)4)27-39(28-42(46)32(5)6)36-22-20-35(21-23-36)37-18-17-19-38(26-37)40-29-43(33(7)8)45(24-14-12-2)44(30-40)34(9)10/h17-23,26,31-34,39-44H,11-16,24-25,27-30H2,1-10H3. The van der Waals surface area contributed by atoms with Crippen LogP contribution in [0.1, 0.15) is 156 Å². The zero-order valence-corrected chi connectivity index (χ0v) is 31.8. The summed E-state index contributed by atoms with van der Waals surface area (Å²) in [4.78, 5) is 5.84. The Morgan fingerprint density at radius 2 is 0.957 bits per heavy atom. The summed E-state index contributed by atoms with van der Waals surface area (Å²) >= 11 is 0. The number of hydrogen-bond acceptors (Lipinski definition) is 2. The predicted molar refractivity (Wildman–Crippen MR) is 203 cm³/mol. The number of hydrogen-bond donors (Lipinski definition) is 0. The van der Waals surface area contributed by atoms with E-state index in [-0.39, 0.29) is 0 Å². The van der Waals surface area contributed by atoms with Crippen LogP contribution in [0.2, 0.25) is 0 Å². The Morgan fingerprint density at radius 3 is 1.41 bits per heavy atom. The van der Waals surface area contributed by atoms with Gasteiger partial charge in [0.1, 0.15) is 0 Å². The Kier molecular flexibility index (Phi) is 14.3. The Hall–Kier alpha value is -1.64. The van der Waals surface area contributed by atoms with Crippen LogP contribution in [0.5, 0.6) is 0 Å². The quantitative estimate of drug-likeness (QED) is 0.181. The predicted octanol–water partition coefficient (Wildman–Crippen LogP) is 12.2. The molecule has 2 saturated heterocycles. The molecule has 2 aliphatic rings. The van der Waals surface area contributed by atoms with Crippen LogP contribution < -0.4 is 0 Å². The lowest BCUT2D eigenvalue weighted by atomic mass is 9.75. The second-order valence-corrected chi connectivity index (χ2v) is 16.7. The summed E-state index contributed by atoms with van der Waals surface area (Å²) in [5, 5.41) is 0. The molecule has 0 spiro atoms. The lowest BCUT2D eigenvalue weighted by molar-refractivity contribution is 0.0212. The first-order valence-corrected chi connectivity index (χ1v) is 19.8. The Morgan fingerprint density at radius 1 is 0.500 bits per heavy atom. The Labute approximate surface area is 286 Å². The van der Waals surface area contributed by atoms with Gasteiger partial charge in [-0.2, -0.15) is 0 Å². The van der Waals surface area contributed by atoms with Crippen LogP contribution >= 0.6 is 0 Å². The number of likely N-dealkylation sites (tertiary alicyclic amines) is 2. The Balaban J connectivity index is 1.51. The maximum absolute atomic E-state index is 2.93. The van der Waals surface area contributed by atoms with Crippen LogP contribution in [0.25, 0.3) is 11.1 Å². The third kappa shape index (κ3) is 9.28. The third-order valence-electron chi connectivity index (χ3n) is 12.0. The van der Waals surface area contributed by atoms with Crippen LogP contribution in [-0.2, 0) is 0 Å². The molecule has 4 rings (SSSR count). The average Bonchev–Trinajstić information content (AvgIpc) is 3.05. The minimum atomic E-state index is 0.644. The third-order valence-corrected chi connectivity index (χ3v) is 12.0. The van der Waals surface area contributed by atoms with E-state index in [2.05, 4.69) is 128 Å². The van der Waals surface area contributed by atoms with Crippen LogP contribution in [-0.4, -0.2) is 47.1 Å². The fourth-order valence-electron chi connectivity index (χ4n) is 9.20. The van der Waals surface area contributed by atoms with E-state index in [9.17, 15) is 0 Å². The minimum Gasteiger partial charge on any atom is -0.297 e. The van der Waals surface area contributed by atoms with Gasteiger partial charge in [0.25, 0.3) is 0 Å². The molecule has 2 fully saturated rings. The molecule has 46 heavy (non-hydrogen) atoms. The molecule has 0 aliphatic carbocycles. The smallest absolute Gasteiger partial charge is 0.0127 e. The largest absolute Gasteiger partial charge is 0.297 e. The van der Waals surface area contributed by atoms with E-state index >= 15 is 0 Å². The normalized spacial score (nSPS) is 26.6. The Bertz CT molecular complexity index is 1110. The van der Waals surface area contributed by atoms with Gasteiger partial charge in [0.15, 0.2) is 0 Å². The summed E-state index contributed by atoms with van der Waals surface area (Å²) in [6, 6.07) is 22.2. The molecule has 2 heterocycles. The highest BCUT2D eigenvalue weighted by Crippen LogP contribution is 2.43. The van der Waals surface area contributed by atoms with E-state index < -0.39 is 0 Å². The van der Waals surface area contributed by atoms with Crippen molar-refractivity contribution in [1.29, 1.82) is 0 Å². The van der Waals surface area contributed by atoms with Crippen molar-refractivity contribution in [1.82, 2.24) is 9.80 Å². The van der Waals surface area contributed by atoms with Gasteiger partial charge in [-0.25, -0.2) is 0 Å². The van der Waals surface area contributed by atoms with Gasteiger partial charge in [-0.1, -0.05) is 143 Å². The summed E-state index contributed by atoms with van der Waals surface area (Å²) in [6.07, 6.45) is 13.2. The van der Waals surface area contributed by atoms with Gasteiger partial charge >= 0.3 is 0 Å². The summed E-state index contributed by atoms with van der Waals surface area (Å²) in [7, 11) is 0. The van der Waals surface area contributed by atoms with E-state index in [0.717, 1.165) is 0 Å². The van der Waals surface area contributed by atoms with Crippen molar-refractivity contribution in [2.45, 2.75) is 169 Å². The molecule has 2 nitrogen and oxygen atoms in total. The van der Waals surface area contributed by atoms with E-state index in [0.29, 0.717) is 59.7 Å². The molecule has 4 atom stereocenters. The van der Waals surface area contributed by atoms with Crippen molar-refractivity contribution in [2.24, 2.45) is 23.7 Å². The SMILES string of the molecule is CCCCCCN1C(C(C)C)CC(c2ccc(-c3cccc(C4CC(C(C)C)N(CCCC)C(C(C)C)C4)c3)cc2)CC1C(C)C. The molecule has 0 bridgehead atoms. The van der Waals surface area contributed by atoms with Crippen LogP contribution in [0.4, 0.5) is 0 Å². The first-order valence-electron chi connectivity index (χ1n) is 19.8. The first-order chi connectivity index (χ1) is 22.0. The fourth-order valence-corrected chi connectivity index (χ4v) is 9.20. The lowest BCUT2D eigenvalue weighted by Crippen LogP contribution is -2.53. The fraction of sp³-hybridized carbons (Fsp3) is 0.727. The van der Waals surface area contributed by atoms with Gasteiger partial charge < -0.3 is 0 Å². The molecule has 2 aromatic carbocycles. The molecule has 0 radical (unpaired) electrons. The lowest BCUT2D eigenvalue weighted by Gasteiger charge is -2.49. The molecule has 0 N–H and O–H groups in total. The van der Waals surface area contributed by atoms with Gasteiger partial charge in [-0.05, 0) is 109 Å². The van der Waals surface area contributed by atoms with E-state index in [1.165, 1.54) is 88.4 Å². The van der Waals surface area contributed by atoms with Crippen molar-refractivity contribution in [3.05, 3.63) is 59.7 Å². The maximum atomic E-state index is 2.93. The highest BCUT2D eigenvalue weighted by molar-refractivity contribution is 5.65. The molecule has 0 aromatic heterocycles. The number of unbranched alkanes of at least 4 members (excludes halogenated alkanes) is 4. The number of rotatable bonds is 15. The van der Waals surface area contributed by atoms with Gasteiger partial charge in [0.05, 0.1) is 0 Å². The van der Waals surface area contributed by atoms with Gasteiger partial charge in [-0.3, -0.25) is 9.80 Å². The van der Waals surface area contributed by atoms with E-state index in [1.807, 2.05) is 0 Å². The van der Waals surface area contributed by atoms with Crippen LogP contribution in [0.15, 0.2) is 48.5 Å². The number of benzene rings is 2. The highest BCUT2D eigenvalue weighted by Gasteiger charge is 2.39. The molecular weight excluding hydrogens is 556 g/mol. The first kappa shape index (κ1) is 37.2. The van der Waals surface area contributed by atoms with Gasteiger partial charge in [0, 0.05) is 24.2 Å². The molecule has 0 amide bonds. The molecule has 4 unspecified atom stereocenters. The molecule has 2 heteroatoms. The second kappa shape index (κ2) is 17.7. The molecule has 258 valence electrons. The zero-order valence-electron chi connectivity index (χ0n) is 31.8. The van der Waals surface area contributed by atoms with Crippen molar-refractivity contribution in [3.8, 4) is 11.1 Å². The zero-order chi connectivity index (χ0) is 33.4. The molecule has 0 saturated carbocycles. The second-order valence-electron chi connectivity index (χ2n) is 16.7. The summed E-state index contributed by atoms with van der Waals surface area (Å²) in [5.74, 6) is 4.07. The number of nitrogens with zero attached hydrogens (tertiary/aromatic N) is 2. The maximum Gasteiger partial charge on any atom is 0.0127 e. The topological polar surface area (TPSA) is 6.48 Å². The van der Waals surface area contributed by atoms with Crippen LogP contribution in [0, 0.1) is 23.7 Å². The van der Waals surface area contributed by atoms with Crippen LogP contribution in [0.3, 0.4) is 0 Å². The number of piperidine rings is 2. The summed E-state index contributed by atoms with van der Waals surface area (Å²) < 4.78 is 0. The van der Waals surface area contributed by atoms with Gasteiger partial charge in [-0.15, -0.1) is 0 Å². The van der Waals surface area contributed by atoms with E-state index in [1.54, 1.807) is 11.1 Å². The van der Waals surface area contributed by atoms with Gasteiger partial charge in [0.2, 0.25) is 0 Å². The summed E-state index contributed by atoms with van der Waals surface area (Å²) in [5.41, 5.74) is 5.88. The highest BCUT2D eigenvalue weighted by atomic mass is 15.2. The molecule has 2 aliphatic heterocycles. The van der Waals surface area contributed by atoms with Crippen molar-refractivity contribution >= 4 is 0 Å². The van der Waals surface area contributed by atoms with Crippen molar-refractivity contribution in [2.75, 3.05) is 13.1 Å². The molecular formula is C44H72N2. The van der Waals surface area contributed by atoms with Crippen molar-refractivity contribution < 1.29 is 0 Å². The average molecular weight is 629 g/mol. The monoisotopic (exact) mass is 629 g/mol.